The minimum Gasteiger partial charge on any atom is -0.453 e. The highest BCUT2D eigenvalue weighted by atomic mass is 16.5. The highest BCUT2D eigenvalue weighted by molar-refractivity contribution is 5.94. The van der Waals surface area contributed by atoms with E-state index in [9.17, 15) is 9.59 Å². The molecule has 0 radical (unpaired) electrons. The smallest absolute Gasteiger partial charge is 0.411 e. The first-order valence-corrected chi connectivity index (χ1v) is 11.2. The Labute approximate surface area is 190 Å². The zero-order valence-electron chi connectivity index (χ0n) is 19.5. The minimum absolute atomic E-state index is 0.0657. The molecule has 2 aromatic rings. The highest BCUT2D eigenvalue weighted by Gasteiger charge is 2.26. The van der Waals surface area contributed by atoms with E-state index >= 15 is 0 Å². The number of amides is 2. The van der Waals surface area contributed by atoms with Gasteiger partial charge in [-0.15, -0.1) is 0 Å². The molecule has 1 atom stereocenters. The van der Waals surface area contributed by atoms with E-state index in [1.807, 2.05) is 55.1 Å². The largest absolute Gasteiger partial charge is 0.453 e. The molecule has 0 bridgehead atoms. The predicted molar refractivity (Wildman–Crippen MR) is 127 cm³/mol. The van der Waals surface area contributed by atoms with Gasteiger partial charge in [0.2, 0.25) is 0 Å². The van der Waals surface area contributed by atoms with Crippen LogP contribution in [0.2, 0.25) is 0 Å². The Morgan fingerprint density at radius 2 is 1.47 bits per heavy atom. The lowest BCUT2D eigenvalue weighted by Gasteiger charge is -2.38. The Morgan fingerprint density at radius 3 is 1.97 bits per heavy atom. The molecule has 2 aromatic carbocycles. The summed E-state index contributed by atoms with van der Waals surface area (Å²) in [5.41, 5.74) is 3.71. The van der Waals surface area contributed by atoms with Gasteiger partial charge >= 0.3 is 6.09 Å². The second-order valence-corrected chi connectivity index (χ2v) is 8.08. The molecule has 0 saturated carbocycles. The summed E-state index contributed by atoms with van der Waals surface area (Å²) < 4.78 is 4.68. The van der Waals surface area contributed by atoms with Crippen LogP contribution in [0.3, 0.4) is 0 Å². The lowest BCUT2D eigenvalue weighted by molar-refractivity contribution is 0.0773. The molecule has 1 N–H and O–H groups in total. The topological polar surface area (TPSA) is 65.1 Å². The molecule has 32 heavy (non-hydrogen) atoms. The third-order valence-corrected chi connectivity index (χ3v) is 6.09. The molecule has 0 aromatic heterocycles. The fraction of sp³-hybridized carbons (Fsp3) is 0.440. The van der Waals surface area contributed by atoms with Crippen molar-refractivity contribution in [3.05, 3.63) is 65.2 Å². The molecule has 7 nitrogen and oxygen atoms in total. The first-order valence-electron chi connectivity index (χ1n) is 11.2. The van der Waals surface area contributed by atoms with Crippen LogP contribution in [0.5, 0.6) is 0 Å². The molecular formula is C25H34N4O3. The maximum absolute atomic E-state index is 12.7. The molecule has 1 unspecified atom stereocenters. The number of rotatable bonds is 7. The number of carbonyl (C=O) groups is 2. The number of ether oxygens (including phenoxy) is 1. The van der Waals surface area contributed by atoms with E-state index in [1.54, 1.807) is 0 Å². The quantitative estimate of drug-likeness (QED) is 0.714. The number of piperazine rings is 1. The zero-order valence-corrected chi connectivity index (χ0v) is 19.5. The van der Waals surface area contributed by atoms with Gasteiger partial charge in [-0.25, -0.2) is 4.79 Å². The molecule has 1 saturated heterocycles. The van der Waals surface area contributed by atoms with Crippen molar-refractivity contribution < 1.29 is 14.3 Å². The van der Waals surface area contributed by atoms with Gasteiger partial charge in [-0.05, 0) is 56.3 Å². The number of hydrogen-bond acceptors (Lipinski definition) is 5. The van der Waals surface area contributed by atoms with Crippen LogP contribution in [0.15, 0.2) is 48.5 Å². The molecule has 172 valence electrons. The number of anilines is 1. The SMILES string of the molecule is CCN(CC)C(=O)c1ccc(C(c2ccc(NC(=O)OC)cc2)N2CCN(C)CC2)cc1. The van der Waals surface area contributed by atoms with E-state index in [2.05, 4.69) is 39.0 Å². The van der Waals surface area contributed by atoms with Gasteiger partial charge in [0.15, 0.2) is 0 Å². The van der Waals surface area contributed by atoms with Crippen molar-refractivity contribution in [1.29, 1.82) is 0 Å². The predicted octanol–water partition coefficient (Wildman–Crippen LogP) is 3.68. The fourth-order valence-corrected chi connectivity index (χ4v) is 4.11. The molecule has 1 aliphatic heterocycles. The van der Waals surface area contributed by atoms with Gasteiger partial charge in [0, 0.05) is 50.5 Å². The summed E-state index contributed by atoms with van der Waals surface area (Å²) in [6, 6.07) is 16.0. The monoisotopic (exact) mass is 438 g/mol. The van der Waals surface area contributed by atoms with E-state index in [-0.39, 0.29) is 11.9 Å². The van der Waals surface area contributed by atoms with Crippen molar-refractivity contribution in [3.63, 3.8) is 0 Å². The molecule has 1 fully saturated rings. The second-order valence-electron chi connectivity index (χ2n) is 8.08. The number of hydrogen-bond donors (Lipinski definition) is 1. The first kappa shape index (κ1) is 23.8. The van der Waals surface area contributed by atoms with Crippen molar-refractivity contribution in [2.24, 2.45) is 0 Å². The van der Waals surface area contributed by atoms with Crippen LogP contribution < -0.4 is 5.32 Å². The van der Waals surface area contributed by atoms with Gasteiger partial charge < -0.3 is 14.5 Å². The maximum Gasteiger partial charge on any atom is 0.411 e. The molecule has 1 heterocycles. The van der Waals surface area contributed by atoms with Crippen LogP contribution >= 0.6 is 0 Å². The summed E-state index contributed by atoms with van der Waals surface area (Å²) in [6.07, 6.45) is -0.484. The summed E-state index contributed by atoms with van der Waals surface area (Å²) in [6.45, 7) is 9.34. The number of methoxy groups -OCH3 is 1. The summed E-state index contributed by atoms with van der Waals surface area (Å²) in [7, 11) is 3.50. The Bertz CT molecular complexity index is 886. The Kier molecular flexibility index (Phi) is 8.25. The first-order chi connectivity index (χ1) is 15.5. The number of carbonyl (C=O) groups excluding carboxylic acids is 2. The van der Waals surface area contributed by atoms with Crippen molar-refractivity contribution in [2.45, 2.75) is 19.9 Å². The van der Waals surface area contributed by atoms with Crippen LogP contribution in [-0.2, 0) is 4.74 Å². The van der Waals surface area contributed by atoms with Crippen molar-refractivity contribution in [2.75, 3.05) is 58.7 Å². The molecule has 7 heteroatoms. The number of benzene rings is 2. The van der Waals surface area contributed by atoms with Crippen LogP contribution in [0.4, 0.5) is 10.5 Å². The molecular weight excluding hydrogens is 404 g/mol. The van der Waals surface area contributed by atoms with E-state index < -0.39 is 6.09 Å². The molecule has 1 aliphatic rings. The normalized spacial score (nSPS) is 15.8. The van der Waals surface area contributed by atoms with Gasteiger partial charge in [-0.1, -0.05) is 24.3 Å². The Balaban J connectivity index is 1.88. The van der Waals surface area contributed by atoms with E-state index in [0.29, 0.717) is 24.3 Å². The Morgan fingerprint density at radius 1 is 0.938 bits per heavy atom. The summed E-state index contributed by atoms with van der Waals surface area (Å²) in [4.78, 5) is 30.9. The zero-order chi connectivity index (χ0) is 23.1. The van der Waals surface area contributed by atoms with Gasteiger partial charge in [-0.3, -0.25) is 15.0 Å². The van der Waals surface area contributed by atoms with Gasteiger partial charge in [0.1, 0.15) is 0 Å². The van der Waals surface area contributed by atoms with Crippen LogP contribution in [0.25, 0.3) is 0 Å². The van der Waals surface area contributed by atoms with Gasteiger partial charge in [0.05, 0.1) is 13.2 Å². The van der Waals surface area contributed by atoms with Crippen molar-refractivity contribution in [3.8, 4) is 0 Å². The number of nitrogens with one attached hydrogen (secondary N) is 1. The third-order valence-electron chi connectivity index (χ3n) is 6.09. The Hall–Kier alpha value is -2.90. The van der Waals surface area contributed by atoms with Crippen molar-refractivity contribution in [1.82, 2.24) is 14.7 Å². The molecule has 0 spiro atoms. The molecule has 0 aliphatic carbocycles. The average Bonchev–Trinajstić information content (AvgIpc) is 2.82. The van der Waals surface area contributed by atoms with E-state index in [1.165, 1.54) is 7.11 Å². The second kappa shape index (κ2) is 11.1. The number of likely N-dealkylation sites (N-methyl/N-ethyl adjacent to an activating group) is 1. The van der Waals surface area contributed by atoms with E-state index in [4.69, 9.17) is 0 Å². The van der Waals surface area contributed by atoms with Gasteiger partial charge in [-0.2, -0.15) is 0 Å². The number of nitrogens with zero attached hydrogens (tertiary/aromatic N) is 3. The van der Waals surface area contributed by atoms with Crippen LogP contribution in [0, 0.1) is 0 Å². The summed E-state index contributed by atoms with van der Waals surface area (Å²) >= 11 is 0. The standard InChI is InChI=1S/C25H34N4O3/c1-5-28(6-2)24(30)21-9-7-19(8-10-21)23(29-17-15-27(3)16-18-29)20-11-13-22(14-12-20)26-25(31)32-4/h7-14,23H,5-6,15-18H2,1-4H3,(H,26,31). The van der Waals surface area contributed by atoms with Crippen molar-refractivity contribution >= 4 is 17.7 Å². The van der Waals surface area contributed by atoms with Crippen LogP contribution in [-0.4, -0.2) is 80.1 Å². The highest BCUT2D eigenvalue weighted by Crippen LogP contribution is 2.31. The van der Waals surface area contributed by atoms with Gasteiger partial charge in [0.25, 0.3) is 5.91 Å². The minimum atomic E-state index is -0.484. The maximum atomic E-state index is 12.7. The summed E-state index contributed by atoms with van der Waals surface area (Å²) in [5.74, 6) is 0.0657. The molecule has 2 amide bonds. The van der Waals surface area contributed by atoms with E-state index in [0.717, 1.165) is 37.3 Å². The van der Waals surface area contributed by atoms with Crippen LogP contribution in [0.1, 0.15) is 41.4 Å². The average molecular weight is 439 g/mol. The fourth-order valence-electron chi connectivity index (χ4n) is 4.11. The summed E-state index contributed by atoms with van der Waals surface area (Å²) in [5, 5.41) is 2.70. The lowest BCUT2D eigenvalue weighted by Crippen LogP contribution is -2.46. The third kappa shape index (κ3) is 5.66. The lowest BCUT2D eigenvalue weighted by atomic mass is 9.95. The molecule has 3 rings (SSSR count).